The molecule has 3 aromatic carbocycles. The Labute approximate surface area is 172 Å². The second-order valence-corrected chi connectivity index (χ2v) is 7.10. The zero-order chi connectivity index (χ0) is 19.1. The molecule has 0 radical (unpaired) electrons. The molecule has 0 saturated carbocycles. The van der Waals surface area contributed by atoms with E-state index in [0.717, 1.165) is 26.9 Å². The van der Waals surface area contributed by atoms with Gasteiger partial charge in [-0.3, -0.25) is 5.43 Å². The van der Waals surface area contributed by atoms with Crippen LogP contribution in [0.3, 0.4) is 0 Å². The summed E-state index contributed by atoms with van der Waals surface area (Å²) in [4.78, 5) is 0. The molecule has 0 fully saturated rings. The Morgan fingerprint density at radius 3 is 2.37 bits per heavy atom. The Balaban J connectivity index is 1.88. The van der Waals surface area contributed by atoms with Crippen LogP contribution < -0.4 is 15.9 Å². The van der Waals surface area contributed by atoms with Crippen LogP contribution in [0, 0.1) is 0 Å². The van der Waals surface area contributed by atoms with Crippen molar-refractivity contribution in [2.45, 2.75) is 6.61 Å². The fourth-order valence-electron chi connectivity index (χ4n) is 2.52. The molecular formula is C21H18BrN3OS. The lowest BCUT2D eigenvalue weighted by Gasteiger charge is -2.11. The highest BCUT2D eigenvalue weighted by molar-refractivity contribution is 9.10. The molecule has 136 valence electrons. The highest BCUT2D eigenvalue weighted by Gasteiger charge is 2.10. The first-order valence-corrected chi connectivity index (χ1v) is 9.48. The molecule has 4 nitrogen and oxygen atoms in total. The smallest absolute Gasteiger partial charge is 0.184 e. The number of benzene rings is 3. The molecule has 0 aliphatic carbocycles. The minimum atomic E-state index is 0.110. The standard InChI is InChI=1S/C21H18BrN3OS/c22-18-10-4-8-16(12-18)20(24-25-21(23)27)17-9-5-11-19(13-17)26-14-15-6-2-1-3-7-15/h1-13H,14H2,(H3,23,25,27)/b24-20-. The number of ether oxygens (including phenoxy) is 1. The molecule has 0 aliphatic heterocycles. The molecule has 6 heteroatoms. The third-order valence-corrected chi connectivity index (χ3v) is 4.32. The maximum atomic E-state index is 5.93. The Bertz CT molecular complexity index is 960. The molecule has 0 amide bonds. The van der Waals surface area contributed by atoms with Crippen molar-refractivity contribution in [3.63, 3.8) is 0 Å². The monoisotopic (exact) mass is 439 g/mol. The molecule has 3 aromatic rings. The van der Waals surface area contributed by atoms with E-state index in [-0.39, 0.29) is 5.11 Å². The van der Waals surface area contributed by atoms with E-state index in [2.05, 4.69) is 26.5 Å². The summed E-state index contributed by atoms with van der Waals surface area (Å²) in [5.74, 6) is 0.759. The molecule has 0 atom stereocenters. The van der Waals surface area contributed by atoms with Crippen molar-refractivity contribution in [1.29, 1.82) is 0 Å². The summed E-state index contributed by atoms with van der Waals surface area (Å²) in [6, 6.07) is 25.7. The molecule has 0 unspecified atom stereocenters. The molecule has 0 aromatic heterocycles. The van der Waals surface area contributed by atoms with E-state index in [0.29, 0.717) is 12.3 Å². The van der Waals surface area contributed by atoms with Crippen LogP contribution in [0.4, 0.5) is 0 Å². The summed E-state index contributed by atoms with van der Waals surface area (Å²) in [5.41, 5.74) is 11.9. The topological polar surface area (TPSA) is 59.6 Å². The van der Waals surface area contributed by atoms with Gasteiger partial charge in [0, 0.05) is 15.6 Å². The van der Waals surface area contributed by atoms with Crippen molar-refractivity contribution in [1.82, 2.24) is 5.43 Å². The van der Waals surface area contributed by atoms with Crippen molar-refractivity contribution in [2.24, 2.45) is 10.8 Å². The van der Waals surface area contributed by atoms with Gasteiger partial charge in [0.2, 0.25) is 0 Å². The first-order chi connectivity index (χ1) is 13.1. The van der Waals surface area contributed by atoms with Crippen LogP contribution in [-0.4, -0.2) is 10.8 Å². The molecule has 3 rings (SSSR count). The van der Waals surface area contributed by atoms with Gasteiger partial charge in [0.15, 0.2) is 5.11 Å². The zero-order valence-electron chi connectivity index (χ0n) is 14.4. The fraction of sp³-hybridized carbons (Fsp3) is 0.0476. The van der Waals surface area contributed by atoms with Crippen LogP contribution in [0.15, 0.2) is 88.4 Å². The van der Waals surface area contributed by atoms with Crippen LogP contribution >= 0.6 is 28.1 Å². The first-order valence-electron chi connectivity index (χ1n) is 8.28. The third-order valence-electron chi connectivity index (χ3n) is 3.73. The second kappa shape index (κ2) is 9.30. The van der Waals surface area contributed by atoms with E-state index in [9.17, 15) is 0 Å². The van der Waals surface area contributed by atoms with Gasteiger partial charge in [-0.1, -0.05) is 70.5 Å². The molecule has 0 bridgehead atoms. The average Bonchev–Trinajstić information content (AvgIpc) is 2.68. The van der Waals surface area contributed by atoms with Crippen LogP contribution in [0.1, 0.15) is 16.7 Å². The van der Waals surface area contributed by atoms with Gasteiger partial charge in [-0.2, -0.15) is 5.10 Å². The number of hydrogen-bond acceptors (Lipinski definition) is 3. The quantitative estimate of drug-likeness (QED) is 0.334. The van der Waals surface area contributed by atoms with Gasteiger partial charge in [0.1, 0.15) is 12.4 Å². The van der Waals surface area contributed by atoms with Crippen molar-refractivity contribution in [3.8, 4) is 5.75 Å². The molecule has 27 heavy (non-hydrogen) atoms. The summed E-state index contributed by atoms with van der Waals surface area (Å²) in [6.45, 7) is 0.499. The van der Waals surface area contributed by atoms with Crippen LogP contribution in [0.2, 0.25) is 0 Å². The van der Waals surface area contributed by atoms with Crippen LogP contribution in [-0.2, 0) is 6.61 Å². The van der Waals surface area contributed by atoms with E-state index in [4.69, 9.17) is 22.7 Å². The van der Waals surface area contributed by atoms with Gasteiger partial charge in [-0.05, 0) is 42.0 Å². The maximum absolute atomic E-state index is 5.93. The normalized spacial score (nSPS) is 11.1. The van der Waals surface area contributed by atoms with E-state index in [1.54, 1.807) is 0 Å². The average molecular weight is 440 g/mol. The van der Waals surface area contributed by atoms with Crippen molar-refractivity contribution < 1.29 is 4.74 Å². The van der Waals surface area contributed by atoms with Crippen molar-refractivity contribution in [2.75, 3.05) is 0 Å². The minimum absolute atomic E-state index is 0.110. The molecule has 0 heterocycles. The Hall–Kier alpha value is -2.70. The van der Waals surface area contributed by atoms with Gasteiger partial charge in [-0.25, -0.2) is 0 Å². The SMILES string of the molecule is NC(=S)N/N=C(/c1cccc(Br)c1)c1cccc(OCc2ccccc2)c1. The number of halogens is 1. The van der Waals surface area contributed by atoms with E-state index in [1.165, 1.54) is 0 Å². The fourth-order valence-corrected chi connectivity index (χ4v) is 2.96. The van der Waals surface area contributed by atoms with Gasteiger partial charge >= 0.3 is 0 Å². The summed E-state index contributed by atoms with van der Waals surface area (Å²) in [7, 11) is 0. The predicted molar refractivity (Wildman–Crippen MR) is 117 cm³/mol. The number of hydrogen-bond donors (Lipinski definition) is 2. The first kappa shape index (κ1) is 19.1. The number of nitrogens with zero attached hydrogens (tertiary/aromatic N) is 1. The number of thiocarbonyl (C=S) groups is 1. The summed E-state index contributed by atoms with van der Waals surface area (Å²) in [6.07, 6.45) is 0. The van der Waals surface area contributed by atoms with Crippen LogP contribution in [0.25, 0.3) is 0 Å². The Morgan fingerprint density at radius 2 is 1.67 bits per heavy atom. The lowest BCUT2D eigenvalue weighted by Crippen LogP contribution is -2.26. The lowest BCUT2D eigenvalue weighted by atomic mass is 10.0. The van der Waals surface area contributed by atoms with E-state index >= 15 is 0 Å². The number of hydrazone groups is 1. The molecular weight excluding hydrogens is 422 g/mol. The Morgan fingerprint density at radius 1 is 0.963 bits per heavy atom. The van der Waals surface area contributed by atoms with E-state index in [1.807, 2.05) is 78.9 Å². The zero-order valence-corrected chi connectivity index (χ0v) is 16.8. The van der Waals surface area contributed by atoms with Gasteiger partial charge in [-0.15, -0.1) is 0 Å². The summed E-state index contributed by atoms with van der Waals surface area (Å²) in [5, 5.41) is 4.50. The van der Waals surface area contributed by atoms with E-state index < -0.39 is 0 Å². The molecule has 0 saturated heterocycles. The van der Waals surface area contributed by atoms with Gasteiger partial charge in [0.25, 0.3) is 0 Å². The summed E-state index contributed by atoms with van der Waals surface area (Å²) >= 11 is 8.38. The number of rotatable bonds is 6. The summed E-state index contributed by atoms with van der Waals surface area (Å²) < 4.78 is 6.89. The molecule has 0 spiro atoms. The van der Waals surface area contributed by atoms with Crippen molar-refractivity contribution >= 4 is 39.0 Å². The number of nitrogens with one attached hydrogen (secondary N) is 1. The second-order valence-electron chi connectivity index (χ2n) is 5.75. The third kappa shape index (κ3) is 5.64. The maximum Gasteiger partial charge on any atom is 0.184 e. The number of nitrogens with two attached hydrogens (primary N) is 1. The van der Waals surface area contributed by atoms with Crippen LogP contribution in [0.5, 0.6) is 5.75 Å². The molecule has 0 aliphatic rings. The Kier molecular flexibility index (Phi) is 6.57. The lowest BCUT2D eigenvalue weighted by molar-refractivity contribution is 0.306. The minimum Gasteiger partial charge on any atom is -0.489 e. The van der Waals surface area contributed by atoms with Crippen molar-refractivity contribution in [3.05, 3.63) is 100 Å². The predicted octanol–water partition coefficient (Wildman–Crippen LogP) is 4.61. The van der Waals surface area contributed by atoms with Gasteiger partial charge < -0.3 is 10.5 Å². The van der Waals surface area contributed by atoms with Gasteiger partial charge in [0.05, 0.1) is 5.71 Å². The highest BCUT2D eigenvalue weighted by Crippen LogP contribution is 2.20. The largest absolute Gasteiger partial charge is 0.489 e. The highest BCUT2D eigenvalue weighted by atomic mass is 79.9. The molecule has 3 N–H and O–H groups in total.